The highest BCUT2D eigenvalue weighted by atomic mass is 16.5. The van der Waals surface area contributed by atoms with Gasteiger partial charge < -0.3 is 15.0 Å². The second-order valence-electron chi connectivity index (χ2n) is 8.07. The van der Waals surface area contributed by atoms with Gasteiger partial charge in [0.25, 0.3) is 0 Å². The molecule has 0 saturated carbocycles. The summed E-state index contributed by atoms with van der Waals surface area (Å²) in [5.74, 6) is 1.55. The Balaban J connectivity index is 1.46. The molecule has 1 fully saturated rings. The number of carbonyl (C=O) groups is 1. The summed E-state index contributed by atoms with van der Waals surface area (Å²) in [6.45, 7) is 5.56. The molecule has 1 N–H and O–H groups in total. The molecule has 2 aromatic carbocycles. The Hall–Kier alpha value is -3.41. The maximum atomic E-state index is 12.9. The quantitative estimate of drug-likeness (QED) is 0.657. The van der Waals surface area contributed by atoms with Crippen molar-refractivity contribution in [2.75, 3.05) is 30.4 Å². The van der Waals surface area contributed by atoms with Gasteiger partial charge in [0.05, 0.1) is 18.7 Å². The van der Waals surface area contributed by atoms with E-state index in [1.165, 1.54) is 0 Å². The molecule has 0 bridgehead atoms. The summed E-state index contributed by atoms with van der Waals surface area (Å²) in [6.07, 6.45) is 1.82. The topological polar surface area (TPSA) is 67.3 Å². The van der Waals surface area contributed by atoms with Crippen LogP contribution in [0.3, 0.4) is 0 Å². The first-order valence-corrected chi connectivity index (χ1v) is 10.7. The van der Waals surface area contributed by atoms with Crippen LogP contribution in [0.4, 0.5) is 11.5 Å². The minimum absolute atomic E-state index is 0.0667. The van der Waals surface area contributed by atoms with Gasteiger partial charge in [-0.15, -0.1) is 10.2 Å². The average Bonchev–Trinajstić information content (AvgIpc) is 2.81. The second-order valence-corrected chi connectivity index (χ2v) is 8.07. The molecule has 6 heteroatoms. The molecule has 1 aliphatic rings. The smallest absolute Gasteiger partial charge is 0.229 e. The standard InChI is InChI=1S/C25H28N4O2/c1-17-10-11-18(2)22(15-17)26-25(30)19-7-6-14-29(16-19)24-13-12-21(27-28-24)20-8-4-5-9-23(20)31-3/h4-5,8-13,15,19H,6-7,14,16H2,1-3H3,(H,26,30). The molecule has 4 rings (SSSR count). The van der Waals surface area contributed by atoms with E-state index in [0.29, 0.717) is 6.54 Å². The van der Waals surface area contributed by atoms with E-state index in [-0.39, 0.29) is 11.8 Å². The minimum atomic E-state index is -0.0793. The van der Waals surface area contributed by atoms with Gasteiger partial charge in [0, 0.05) is 24.3 Å². The van der Waals surface area contributed by atoms with Crippen LogP contribution >= 0.6 is 0 Å². The average molecular weight is 417 g/mol. The van der Waals surface area contributed by atoms with Crippen LogP contribution in [0, 0.1) is 19.8 Å². The van der Waals surface area contributed by atoms with Crippen LogP contribution in [0.1, 0.15) is 24.0 Å². The number of para-hydroxylation sites is 1. The number of carbonyl (C=O) groups excluding carboxylic acids is 1. The molecule has 160 valence electrons. The van der Waals surface area contributed by atoms with Crippen molar-refractivity contribution in [3.8, 4) is 17.0 Å². The van der Waals surface area contributed by atoms with Crippen molar-refractivity contribution in [3.05, 3.63) is 65.7 Å². The van der Waals surface area contributed by atoms with Gasteiger partial charge in [-0.05, 0) is 68.1 Å². The lowest BCUT2D eigenvalue weighted by Crippen LogP contribution is -2.41. The van der Waals surface area contributed by atoms with Crippen LogP contribution in [0.15, 0.2) is 54.6 Å². The van der Waals surface area contributed by atoms with Gasteiger partial charge in [-0.2, -0.15) is 0 Å². The van der Waals surface area contributed by atoms with Crippen molar-refractivity contribution >= 4 is 17.4 Å². The lowest BCUT2D eigenvalue weighted by atomic mass is 9.96. The molecule has 0 spiro atoms. The van der Waals surface area contributed by atoms with E-state index >= 15 is 0 Å². The number of methoxy groups -OCH3 is 1. The molecule has 1 aromatic heterocycles. The van der Waals surface area contributed by atoms with Gasteiger partial charge in [0.15, 0.2) is 5.82 Å². The van der Waals surface area contributed by atoms with Crippen molar-refractivity contribution in [2.24, 2.45) is 5.92 Å². The number of aromatic nitrogens is 2. The Morgan fingerprint density at radius 1 is 1.10 bits per heavy atom. The summed E-state index contributed by atoms with van der Waals surface area (Å²) in [7, 11) is 1.65. The summed E-state index contributed by atoms with van der Waals surface area (Å²) in [6, 6.07) is 17.8. The molecule has 0 radical (unpaired) electrons. The summed E-state index contributed by atoms with van der Waals surface area (Å²) in [5.41, 5.74) is 4.78. The van der Waals surface area contributed by atoms with Gasteiger partial charge in [-0.3, -0.25) is 4.79 Å². The van der Waals surface area contributed by atoms with Gasteiger partial charge in [-0.1, -0.05) is 24.3 Å². The fraction of sp³-hybridized carbons (Fsp3) is 0.320. The van der Waals surface area contributed by atoms with Crippen molar-refractivity contribution in [1.29, 1.82) is 0 Å². The van der Waals surface area contributed by atoms with Crippen molar-refractivity contribution < 1.29 is 9.53 Å². The third kappa shape index (κ3) is 4.68. The molecule has 1 saturated heterocycles. The number of anilines is 2. The number of nitrogens with one attached hydrogen (secondary N) is 1. The maximum Gasteiger partial charge on any atom is 0.229 e. The van der Waals surface area contributed by atoms with Crippen LogP contribution in [0.5, 0.6) is 5.75 Å². The highest BCUT2D eigenvalue weighted by molar-refractivity contribution is 5.93. The van der Waals surface area contributed by atoms with Crippen LogP contribution in [0.25, 0.3) is 11.3 Å². The molecular formula is C25H28N4O2. The zero-order chi connectivity index (χ0) is 21.8. The highest BCUT2D eigenvalue weighted by Gasteiger charge is 2.27. The van der Waals surface area contributed by atoms with Crippen LogP contribution in [0.2, 0.25) is 0 Å². The molecule has 6 nitrogen and oxygen atoms in total. The highest BCUT2D eigenvalue weighted by Crippen LogP contribution is 2.29. The zero-order valence-electron chi connectivity index (χ0n) is 18.3. The number of hydrogen-bond acceptors (Lipinski definition) is 5. The third-order valence-corrected chi connectivity index (χ3v) is 5.80. The molecule has 2 heterocycles. The SMILES string of the molecule is COc1ccccc1-c1ccc(N2CCCC(C(=O)Nc3cc(C)ccc3C)C2)nn1. The number of amides is 1. The van der Waals surface area contributed by atoms with Crippen LogP contribution < -0.4 is 15.0 Å². The normalized spacial score (nSPS) is 16.1. The summed E-state index contributed by atoms with van der Waals surface area (Å²) in [4.78, 5) is 15.1. The van der Waals surface area contributed by atoms with E-state index in [1.54, 1.807) is 7.11 Å². The Morgan fingerprint density at radius 2 is 1.94 bits per heavy atom. The molecule has 1 amide bonds. The van der Waals surface area contributed by atoms with E-state index in [4.69, 9.17) is 4.74 Å². The predicted molar refractivity (Wildman–Crippen MR) is 124 cm³/mol. The van der Waals surface area contributed by atoms with Gasteiger partial charge >= 0.3 is 0 Å². The number of nitrogens with zero attached hydrogens (tertiary/aromatic N) is 3. The van der Waals surface area contributed by atoms with E-state index in [9.17, 15) is 4.79 Å². The Kier molecular flexibility index (Phi) is 6.16. The molecular weight excluding hydrogens is 388 g/mol. The number of piperidine rings is 1. The van der Waals surface area contributed by atoms with Crippen molar-refractivity contribution in [2.45, 2.75) is 26.7 Å². The largest absolute Gasteiger partial charge is 0.496 e. The molecule has 3 aromatic rings. The van der Waals surface area contributed by atoms with Gasteiger partial charge in [-0.25, -0.2) is 0 Å². The molecule has 0 aliphatic carbocycles. The van der Waals surface area contributed by atoms with E-state index < -0.39 is 0 Å². The van der Waals surface area contributed by atoms with Gasteiger partial charge in [0.2, 0.25) is 5.91 Å². The monoisotopic (exact) mass is 416 g/mol. The summed E-state index contributed by atoms with van der Waals surface area (Å²) < 4.78 is 5.43. The van der Waals surface area contributed by atoms with Crippen molar-refractivity contribution in [1.82, 2.24) is 10.2 Å². The Morgan fingerprint density at radius 3 is 2.71 bits per heavy atom. The van der Waals surface area contributed by atoms with E-state index in [0.717, 1.165) is 59.0 Å². The number of benzene rings is 2. The maximum absolute atomic E-state index is 12.9. The Bertz CT molecular complexity index is 1070. The zero-order valence-corrected chi connectivity index (χ0v) is 18.3. The first-order chi connectivity index (χ1) is 15.0. The predicted octanol–water partition coefficient (Wildman–Crippen LogP) is 4.62. The minimum Gasteiger partial charge on any atom is -0.496 e. The molecule has 1 aliphatic heterocycles. The molecule has 1 atom stereocenters. The number of rotatable bonds is 5. The number of ether oxygens (including phenoxy) is 1. The lowest BCUT2D eigenvalue weighted by molar-refractivity contribution is -0.120. The molecule has 31 heavy (non-hydrogen) atoms. The first kappa shape index (κ1) is 20.8. The lowest BCUT2D eigenvalue weighted by Gasteiger charge is -2.32. The Labute approximate surface area is 183 Å². The fourth-order valence-electron chi connectivity index (χ4n) is 4.00. The molecule has 1 unspecified atom stereocenters. The summed E-state index contributed by atoms with van der Waals surface area (Å²) in [5, 5.41) is 12.0. The van der Waals surface area contributed by atoms with Crippen LogP contribution in [-0.2, 0) is 4.79 Å². The number of aryl methyl sites for hydroxylation is 2. The third-order valence-electron chi connectivity index (χ3n) is 5.80. The van der Waals surface area contributed by atoms with E-state index in [2.05, 4.69) is 26.5 Å². The van der Waals surface area contributed by atoms with Gasteiger partial charge in [0.1, 0.15) is 5.75 Å². The first-order valence-electron chi connectivity index (χ1n) is 10.7. The van der Waals surface area contributed by atoms with E-state index in [1.807, 2.05) is 62.4 Å². The fourth-order valence-corrected chi connectivity index (χ4v) is 4.00. The second kappa shape index (κ2) is 9.16. The van der Waals surface area contributed by atoms with Crippen molar-refractivity contribution in [3.63, 3.8) is 0 Å². The summed E-state index contributed by atoms with van der Waals surface area (Å²) >= 11 is 0. The van der Waals surface area contributed by atoms with Crippen LogP contribution in [-0.4, -0.2) is 36.3 Å². The number of hydrogen-bond donors (Lipinski definition) is 1.